The Bertz CT molecular complexity index is 592. The topological polar surface area (TPSA) is 69.9 Å². The summed E-state index contributed by atoms with van der Waals surface area (Å²) in [6.45, 7) is 6.40. The van der Waals surface area contributed by atoms with Crippen molar-refractivity contribution in [1.29, 1.82) is 0 Å². The molecule has 0 radical (unpaired) electrons. The molecule has 0 aromatic carbocycles. The van der Waals surface area contributed by atoms with Gasteiger partial charge in [0.15, 0.2) is 5.69 Å². The number of pyridine rings is 1. The smallest absolute Gasteiger partial charge is 0.360 e. The van der Waals surface area contributed by atoms with Crippen LogP contribution in [0.15, 0.2) is 18.5 Å². The van der Waals surface area contributed by atoms with Crippen molar-refractivity contribution in [2.24, 2.45) is 0 Å². The van der Waals surface area contributed by atoms with Crippen molar-refractivity contribution in [3.05, 3.63) is 41.0 Å². The number of ether oxygens (including phenoxy) is 1. The Morgan fingerprint density at radius 1 is 1.37 bits per heavy atom. The molecule has 0 spiro atoms. The molecule has 0 saturated carbocycles. The van der Waals surface area contributed by atoms with Gasteiger partial charge >= 0.3 is 5.97 Å². The molecule has 6 heteroatoms. The normalized spacial score (nSPS) is 10.5. The summed E-state index contributed by atoms with van der Waals surface area (Å²) in [7, 11) is 0. The number of aryl methyl sites for hydroxylation is 1. The lowest BCUT2D eigenvalue weighted by atomic mass is 10.2. The van der Waals surface area contributed by atoms with Gasteiger partial charge in [0.1, 0.15) is 0 Å². The predicted octanol–water partition coefficient (Wildman–Crippen LogP) is 1.51. The van der Waals surface area contributed by atoms with E-state index in [1.54, 1.807) is 30.9 Å². The Labute approximate surface area is 111 Å². The molecule has 2 heterocycles. The Morgan fingerprint density at radius 2 is 2.16 bits per heavy atom. The van der Waals surface area contributed by atoms with Gasteiger partial charge in [0, 0.05) is 12.4 Å². The Balaban J connectivity index is 2.20. The molecule has 0 aliphatic heterocycles. The molecule has 2 rings (SSSR count). The molecule has 19 heavy (non-hydrogen) atoms. The van der Waals surface area contributed by atoms with Gasteiger partial charge in [-0.2, -0.15) is 0 Å². The molecule has 2 aromatic heterocycles. The number of hydrogen-bond donors (Lipinski definition) is 0. The minimum Gasteiger partial charge on any atom is -0.461 e. The van der Waals surface area contributed by atoms with Crippen molar-refractivity contribution >= 4 is 5.97 Å². The van der Waals surface area contributed by atoms with E-state index in [9.17, 15) is 4.79 Å². The van der Waals surface area contributed by atoms with Crippen LogP contribution in [0, 0.1) is 13.8 Å². The number of esters is 1. The summed E-state index contributed by atoms with van der Waals surface area (Å²) < 4.78 is 6.59. The van der Waals surface area contributed by atoms with Gasteiger partial charge in [0.25, 0.3) is 0 Å². The van der Waals surface area contributed by atoms with Crippen LogP contribution in [-0.4, -0.2) is 32.6 Å². The first kappa shape index (κ1) is 13.2. The second kappa shape index (κ2) is 5.60. The number of carbonyl (C=O) groups excluding carboxylic acids is 1. The van der Waals surface area contributed by atoms with Crippen LogP contribution in [0.3, 0.4) is 0 Å². The van der Waals surface area contributed by atoms with Gasteiger partial charge in [0.05, 0.1) is 18.8 Å². The van der Waals surface area contributed by atoms with Crippen molar-refractivity contribution in [1.82, 2.24) is 20.0 Å². The fourth-order valence-corrected chi connectivity index (χ4v) is 1.78. The van der Waals surface area contributed by atoms with Crippen LogP contribution >= 0.6 is 0 Å². The molecule has 0 saturated heterocycles. The number of aromatic nitrogens is 4. The van der Waals surface area contributed by atoms with Gasteiger partial charge in [-0.1, -0.05) is 11.3 Å². The van der Waals surface area contributed by atoms with Gasteiger partial charge < -0.3 is 4.74 Å². The first-order chi connectivity index (χ1) is 9.11. The molecule has 0 bridgehead atoms. The van der Waals surface area contributed by atoms with E-state index in [1.165, 1.54) is 0 Å². The van der Waals surface area contributed by atoms with E-state index in [2.05, 4.69) is 15.3 Å². The molecule has 0 atom stereocenters. The van der Waals surface area contributed by atoms with Gasteiger partial charge in [-0.3, -0.25) is 4.98 Å². The van der Waals surface area contributed by atoms with Crippen molar-refractivity contribution in [3.63, 3.8) is 0 Å². The van der Waals surface area contributed by atoms with E-state index in [4.69, 9.17) is 4.74 Å². The average molecular weight is 260 g/mol. The van der Waals surface area contributed by atoms with Crippen LogP contribution in [-0.2, 0) is 11.3 Å². The van der Waals surface area contributed by atoms with Gasteiger partial charge in [-0.25, -0.2) is 9.48 Å². The van der Waals surface area contributed by atoms with Crippen LogP contribution < -0.4 is 0 Å². The maximum atomic E-state index is 11.6. The first-order valence-corrected chi connectivity index (χ1v) is 6.09. The van der Waals surface area contributed by atoms with Crippen LogP contribution in [0.25, 0.3) is 0 Å². The zero-order chi connectivity index (χ0) is 13.8. The summed E-state index contributed by atoms with van der Waals surface area (Å²) in [6.07, 6.45) is 3.57. The average Bonchev–Trinajstić information content (AvgIpc) is 2.71. The zero-order valence-corrected chi connectivity index (χ0v) is 11.3. The lowest BCUT2D eigenvalue weighted by molar-refractivity contribution is 0.0518. The summed E-state index contributed by atoms with van der Waals surface area (Å²) in [6, 6.07) is 2.03. The predicted molar refractivity (Wildman–Crippen MR) is 68.8 cm³/mol. The molecule has 6 nitrogen and oxygen atoms in total. The molecule has 2 aromatic rings. The number of hydrogen-bond acceptors (Lipinski definition) is 5. The summed E-state index contributed by atoms with van der Waals surface area (Å²) >= 11 is 0. The van der Waals surface area contributed by atoms with E-state index in [1.807, 2.05) is 13.0 Å². The number of rotatable bonds is 4. The Kier molecular flexibility index (Phi) is 3.89. The molecule has 0 aliphatic carbocycles. The van der Waals surface area contributed by atoms with Crippen molar-refractivity contribution in [2.45, 2.75) is 27.3 Å². The minimum atomic E-state index is -0.436. The van der Waals surface area contributed by atoms with Crippen molar-refractivity contribution < 1.29 is 9.53 Å². The highest BCUT2D eigenvalue weighted by Crippen LogP contribution is 2.09. The third kappa shape index (κ3) is 2.96. The van der Waals surface area contributed by atoms with E-state index >= 15 is 0 Å². The Hall–Kier alpha value is -2.24. The second-order valence-electron chi connectivity index (χ2n) is 4.27. The fraction of sp³-hybridized carbons (Fsp3) is 0.385. The van der Waals surface area contributed by atoms with Crippen molar-refractivity contribution in [3.8, 4) is 0 Å². The maximum absolute atomic E-state index is 11.6. The SMILES string of the molecule is CCOC(=O)c1nnn(Cc2cncc(C)c2)c1C. The summed E-state index contributed by atoms with van der Waals surface area (Å²) in [4.78, 5) is 15.8. The van der Waals surface area contributed by atoms with Gasteiger partial charge in [0.2, 0.25) is 0 Å². The molecular formula is C13H16N4O2. The summed E-state index contributed by atoms with van der Waals surface area (Å²) in [5.41, 5.74) is 3.06. The Morgan fingerprint density at radius 3 is 2.84 bits per heavy atom. The van der Waals surface area contributed by atoms with Crippen LogP contribution in [0.5, 0.6) is 0 Å². The third-order valence-corrected chi connectivity index (χ3v) is 2.72. The van der Waals surface area contributed by atoms with Gasteiger partial charge in [-0.15, -0.1) is 5.10 Å². The quantitative estimate of drug-likeness (QED) is 0.779. The highest BCUT2D eigenvalue weighted by molar-refractivity contribution is 5.88. The minimum absolute atomic E-state index is 0.266. The zero-order valence-electron chi connectivity index (χ0n) is 11.3. The standard InChI is InChI=1S/C13H16N4O2/c1-4-19-13(18)12-10(3)17(16-15-12)8-11-5-9(2)6-14-7-11/h5-7H,4,8H2,1-3H3. The monoisotopic (exact) mass is 260 g/mol. The van der Waals surface area contributed by atoms with E-state index < -0.39 is 5.97 Å². The molecule has 0 N–H and O–H groups in total. The van der Waals surface area contributed by atoms with E-state index in [0.717, 1.165) is 11.1 Å². The van der Waals surface area contributed by atoms with Crippen molar-refractivity contribution in [2.75, 3.05) is 6.61 Å². The maximum Gasteiger partial charge on any atom is 0.360 e. The summed E-state index contributed by atoms with van der Waals surface area (Å²) in [5.74, 6) is -0.436. The number of carbonyl (C=O) groups is 1. The molecule has 0 fully saturated rings. The molecule has 100 valence electrons. The van der Waals surface area contributed by atoms with Crippen LogP contribution in [0.2, 0.25) is 0 Å². The molecule has 0 unspecified atom stereocenters. The largest absolute Gasteiger partial charge is 0.461 e. The first-order valence-electron chi connectivity index (χ1n) is 6.09. The lowest BCUT2D eigenvalue weighted by Gasteiger charge is -2.04. The highest BCUT2D eigenvalue weighted by Gasteiger charge is 2.17. The second-order valence-corrected chi connectivity index (χ2v) is 4.27. The van der Waals surface area contributed by atoms with Gasteiger partial charge in [-0.05, 0) is 31.9 Å². The molecular weight excluding hydrogens is 244 g/mol. The molecule has 0 amide bonds. The van der Waals surface area contributed by atoms with Crippen LogP contribution in [0.1, 0.15) is 34.2 Å². The molecule has 0 aliphatic rings. The third-order valence-electron chi connectivity index (χ3n) is 2.72. The fourth-order valence-electron chi connectivity index (χ4n) is 1.78. The van der Waals surface area contributed by atoms with E-state index in [0.29, 0.717) is 18.8 Å². The summed E-state index contributed by atoms with van der Waals surface area (Å²) in [5, 5.41) is 7.85. The lowest BCUT2D eigenvalue weighted by Crippen LogP contribution is -2.09. The van der Waals surface area contributed by atoms with E-state index in [-0.39, 0.29) is 5.69 Å². The number of nitrogens with zero attached hydrogens (tertiary/aromatic N) is 4. The van der Waals surface area contributed by atoms with Crippen LogP contribution in [0.4, 0.5) is 0 Å². The highest BCUT2D eigenvalue weighted by atomic mass is 16.5.